The maximum atomic E-state index is 13.1. The van der Waals surface area contributed by atoms with E-state index in [2.05, 4.69) is 15.9 Å². The molecule has 1 unspecified atom stereocenters. The van der Waals surface area contributed by atoms with Crippen molar-refractivity contribution in [2.45, 2.75) is 37.6 Å². The molecule has 1 amide bonds. The van der Waals surface area contributed by atoms with Gasteiger partial charge in [-0.1, -0.05) is 15.9 Å². The third-order valence-corrected chi connectivity index (χ3v) is 4.50. The van der Waals surface area contributed by atoms with Gasteiger partial charge in [-0.25, -0.2) is 8.78 Å². The molecule has 6 heteroatoms. The number of hydrogen-bond acceptors (Lipinski definition) is 2. The van der Waals surface area contributed by atoms with Crippen molar-refractivity contribution in [2.75, 3.05) is 25.1 Å². The van der Waals surface area contributed by atoms with Crippen LogP contribution in [-0.2, 0) is 9.53 Å². The van der Waals surface area contributed by atoms with Crippen LogP contribution in [0.15, 0.2) is 0 Å². The minimum atomic E-state index is -2.57. The second kappa shape index (κ2) is 5.82. The summed E-state index contributed by atoms with van der Waals surface area (Å²) >= 11 is 3.37. The fraction of sp³-hybridized carbons (Fsp3) is 0.917. The lowest BCUT2D eigenvalue weighted by Crippen LogP contribution is -2.52. The van der Waals surface area contributed by atoms with E-state index in [1.54, 1.807) is 4.90 Å². The number of hydrogen-bond donors (Lipinski definition) is 0. The standard InChI is InChI=1S/C12H18BrF2NO2/c13-7-10-8-18-6-5-16(10)11(17)9-1-3-12(14,15)4-2-9/h9-10H,1-8H2. The molecule has 1 atom stereocenters. The van der Waals surface area contributed by atoms with E-state index in [1.807, 2.05) is 0 Å². The molecule has 104 valence electrons. The molecule has 18 heavy (non-hydrogen) atoms. The summed E-state index contributed by atoms with van der Waals surface area (Å²) in [7, 11) is 0. The second-order valence-corrected chi connectivity index (χ2v) is 5.69. The van der Waals surface area contributed by atoms with Crippen LogP contribution in [0.5, 0.6) is 0 Å². The summed E-state index contributed by atoms with van der Waals surface area (Å²) in [6, 6.07) is 0.0358. The quantitative estimate of drug-likeness (QED) is 0.730. The molecule has 1 aliphatic heterocycles. The summed E-state index contributed by atoms with van der Waals surface area (Å²) in [5, 5.41) is 0.668. The van der Waals surface area contributed by atoms with Gasteiger partial charge in [-0.3, -0.25) is 4.79 Å². The Hall–Kier alpha value is -0.230. The van der Waals surface area contributed by atoms with Gasteiger partial charge >= 0.3 is 0 Å². The predicted molar refractivity (Wildman–Crippen MR) is 67.0 cm³/mol. The van der Waals surface area contributed by atoms with Crippen LogP contribution in [0.2, 0.25) is 0 Å². The van der Waals surface area contributed by atoms with Gasteiger partial charge in [-0.15, -0.1) is 0 Å². The van der Waals surface area contributed by atoms with Crippen LogP contribution >= 0.6 is 15.9 Å². The first-order valence-electron chi connectivity index (χ1n) is 6.35. The number of ether oxygens (including phenoxy) is 1. The third-order valence-electron chi connectivity index (χ3n) is 3.76. The molecular formula is C12H18BrF2NO2. The number of carbonyl (C=O) groups is 1. The van der Waals surface area contributed by atoms with Gasteiger partial charge in [0.15, 0.2) is 0 Å². The van der Waals surface area contributed by atoms with E-state index >= 15 is 0 Å². The number of carbonyl (C=O) groups excluding carboxylic acids is 1. The minimum Gasteiger partial charge on any atom is -0.377 e. The minimum absolute atomic E-state index is 0.0262. The Morgan fingerprint density at radius 1 is 1.39 bits per heavy atom. The molecule has 1 saturated carbocycles. The highest BCUT2D eigenvalue weighted by Gasteiger charge is 2.40. The number of alkyl halides is 3. The molecule has 0 aromatic rings. The van der Waals surface area contributed by atoms with E-state index in [0.29, 0.717) is 37.9 Å². The Balaban J connectivity index is 1.94. The summed E-state index contributed by atoms with van der Waals surface area (Å²) in [6.07, 6.45) is 0.288. The molecule has 0 aromatic heterocycles. The molecule has 0 N–H and O–H groups in total. The molecule has 2 rings (SSSR count). The van der Waals surface area contributed by atoms with Crippen LogP contribution in [0.3, 0.4) is 0 Å². The van der Waals surface area contributed by atoms with Crippen LogP contribution in [0.1, 0.15) is 25.7 Å². The van der Waals surface area contributed by atoms with E-state index in [0.717, 1.165) is 0 Å². The average Bonchev–Trinajstić information content (AvgIpc) is 2.38. The van der Waals surface area contributed by atoms with E-state index in [9.17, 15) is 13.6 Å². The van der Waals surface area contributed by atoms with Crippen molar-refractivity contribution < 1.29 is 18.3 Å². The van der Waals surface area contributed by atoms with E-state index in [1.165, 1.54) is 0 Å². The van der Waals surface area contributed by atoms with Crippen molar-refractivity contribution >= 4 is 21.8 Å². The topological polar surface area (TPSA) is 29.5 Å². The largest absolute Gasteiger partial charge is 0.377 e. The Labute approximate surface area is 114 Å². The zero-order chi connectivity index (χ0) is 13.2. The first-order valence-corrected chi connectivity index (χ1v) is 7.47. The summed E-state index contributed by atoms with van der Waals surface area (Å²) in [5.41, 5.74) is 0. The number of rotatable bonds is 2. The molecule has 0 spiro atoms. The van der Waals surface area contributed by atoms with Gasteiger partial charge in [0.05, 0.1) is 19.3 Å². The van der Waals surface area contributed by atoms with Gasteiger partial charge in [-0.05, 0) is 12.8 Å². The lowest BCUT2D eigenvalue weighted by molar-refractivity contribution is -0.147. The van der Waals surface area contributed by atoms with Gasteiger partial charge in [0.1, 0.15) is 0 Å². The Morgan fingerprint density at radius 3 is 2.67 bits per heavy atom. The molecular weight excluding hydrogens is 308 g/mol. The second-order valence-electron chi connectivity index (χ2n) is 5.04. The van der Waals surface area contributed by atoms with Crippen molar-refractivity contribution in [1.29, 1.82) is 0 Å². The van der Waals surface area contributed by atoms with Crippen molar-refractivity contribution in [3.05, 3.63) is 0 Å². The summed E-state index contributed by atoms with van der Waals surface area (Å²) in [6.45, 7) is 1.64. The maximum Gasteiger partial charge on any atom is 0.248 e. The molecule has 1 saturated heterocycles. The Morgan fingerprint density at radius 2 is 2.06 bits per heavy atom. The normalized spacial score (nSPS) is 29.3. The first-order chi connectivity index (χ1) is 8.53. The lowest BCUT2D eigenvalue weighted by atomic mass is 9.85. The molecule has 0 bridgehead atoms. The number of halogens is 3. The number of morpholine rings is 1. The van der Waals surface area contributed by atoms with Gasteiger partial charge in [0.2, 0.25) is 11.8 Å². The monoisotopic (exact) mass is 325 g/mol. The molecule has 2 aliphatic rings. The average molecular weight is 326 g/mol. The lowest BCUT2D eigenvalue weighted by Gasteiger charge is -2.38. The molecule has 3 nitrogen and oxygen atoms in total. The van der Waals surface area contributed by atoms with Gasteiger partial charge in [-0.2, -0.15) is 0 Å². The van der Waals surface area contributed by atoms with Gasteiger partial charge < -0.3 is 9.64 Å². The van der Waals surface area contributed by atoms with Crippen LogP contribution in [0.25, 0.3) is 0 Å². The Bertz CT molecular complexity index is 304. The van der Waals surface area contributed by atoms with E-state index < -0.39 is 5.92 Å². The van der Waals surface area contributed by atoms with Crippen LogP contribution in [0.4, 0.5) is 8.78 Å². The van der Waals surface area contributed by atoms with Crippen molar-refractivity contribution in [3.63, 3.8) is 0 Å². The van der Waals surface area contributed by atoms with Gasteiger partial charge in [0.25, 0.3) is 0 Å². The zero-order valence-corrected chi connectivity index (χ0v) is 11.8. The molecule has 1 aliphatic carbocycles. The molecule has 0 aromatic carbocycles. The molecule has 2 fully saturated rings. The van der Waals surface area contributed by atoms with Crippen molar-refractivity contribution in [1.82, 2.24) is 4.90 Å². The number of amides is 1. The van der Waals surface area contributed by atoms with Crippen molar-refractivity contribution in [2.24, 2.45) is 5.92 Å². The van der Waals surface area contributed by atoms with Crippen LogP contribution in [0, 0.1) is 5.92 Å². The third kappa shape index (κ3) is 3.20. The van der Waals surface area contributed by atoms with E-state index in [-0.39, 0.29) is 30.7 Å². The fourth-order valence-electron chi connectivity index (χ4n) is 2.59. The van der Waals surface area contributed by atoms with Crippen LogP contribution in [-0.4, -0.2) is 47.9 Å². The SMILES string of the molecule is O=C(C1CCC(F)(F)CC1)N1CCOCC1CBr. The summed E-state index contributed by atoms with van der Waals surface area (Å²) in [4.78, 5) is 14.1. The van der Waals surface area contributed by atoms with E-state index in [4.69, 9.17) is 4.74 Å². The highest BCUT2D eigenvalue weighted by molar-refractivity contribution is 9.09. The fourth-order valence-corrected chi connectivity index (χ4v) is 3.13. The zero-order valence-electron chi connectivity index (χ0n) is 10.2. The van der Waals surface area contributed by atoms with Crippen molar-refractivity contribution in [3.8, 4) is 0 Å². The Kier molecular flexibility index (Phi) is 4.59. The molecule has 1 heterocycles. The highest BCUT2D eigenvalue weighted by atomic mass is 79.9. The smallest absolute Gasteiger partial charge is 0.248 e. The first kappa shape index (κ1) is 14.2. The summed E-state index contributed by atoms with van der Waals surface area (Å²) < 4.78 is 31.5. The predicted octanol–water partition coefficient (Wildman–Crippen LogP) is 2.43. The van der Waals surface area contributed by atoms with Crippen LogP contribution < -0.4 is 0 Å². The molecule has 0 radical (unpaired) electrons. The number of nitrogens with zero attached hydrogens (tertiary/aromatic N) is 1. The van der Waals surface area contributed by atoms with Gasteiger partial charge in [0, 0.05) is 30.6 Å². The maximum absolute atomic E-state index is 13.1. The summed E-state index contributed by atoms with van der Waals surface area (Å²) in [5.74, 6) is -2.78. The highest BCUT2D eigenvalue weighted by Crippen LogP contribution is 2.37.